The molecule has 0 aliphatic carbocycles. The fraction of sp³-hybridized carbons (Fsp3) is 1.00. The van der Waals surface area contributed by atoms with E-state index in [4.69, 9.17) is 5.11 Å². The first kappa shape index (κ1) is 11.7. The van der Waals surface area contributed by atoms with Crippen molar-refractivity contribution in [2.45, 2.75) is 13.0 Å². The lowest BCUT2D eigenvalue weighted by molar-refractivity contribution is 0.0958. The third-order valence-electron chi connectivity index (χ3n) is 2.67. The van der Waals surface area contributed by atoms with Crippen LogP contribution >= 0.6 is 22.6 Å². The van der Waals surface area contributed by atoms with E-state index in [1.165, 1.54) is 4.43 Å². The number of piperazine rings is 1. The third-order valence-corrected chi connectivity index (χ3v) is 3.94. The minimum absolute atomic E-state index is 0.293. The Labute approximate surface area is 94.2 Å². The summed E-state index contributed by atoms with van der Waals surface area (Å²) in [5, 5.41) is 8.78. The Kier molecular flexibility index (Phi) is 5.54. The van der Waals surface area contributed by atoms with Gasteiger partial charge in [-0.25, -0.2) is 0 Å². The van der Waals surface area contributed by atoms with Gasteiger partial charge in [-0.3, -0.25) is 9.80 Å². The maximum atomic E-state index is 8.78. The first-order valence-electron chi connectivity index (χ1n) is 4.91. The van der Waals surface area contributed by atoms with Crippen LogP contribution in [0.15, 0.2) is 0 Å². The zero-order valence-electron chi connectivity index (χ0n) is 8.25. The Morgan fingerprint density at radius 2 is 1.92 bits per heavy atom. The Hall–Kier alpha value is 0.610. The van der Waals surface area contributed by atoms with Crippen molar-refractivity contribution in [1.29, 1.82) is 0 Å². The van der Waals surface area contributed by atoms with E-state index in [1.54, 1.807) is 0 Å². The molecule has 0 saturated carbocycles. The minimum Gasteiger partial charge on any atom is -0.395 e. The quantitative estimate of drug-likeness (QED) is 0.602. The van der Waals surface area contributed by atoms with Crippen LogP contribution < -0.4 is 0 Å². The van der Waals surface area contributed by atoms with Crippen molar-refractivity contribution in [2.24, 2.45) is 0 Å². The molecule has 0 aromatic heterocycles. The summed E-state index contributed by atoms with van der Waals surface area (Å²) in [6.45, 7) is 7.96. The highest BCUT2D eigenvalue weighted by Gasteiger charge is 2.19. The summed E-state index contributed by atoms with van der Waals surface area (Å²) in [5.41, 5.74) is 0. The van der Waals surface area contributed by atoms with Gasteiger partial charge in [-0.1, -0.05) is 22.6 Å². The average molecular weight is 298 g/mol. The molecule has 0 bridgehead atoms. The Bertz CT molecular complexity index is 138. The van der Waals surface area contributed by atoms with Crippen molar-refractivity contribution in [1.82, 2.24) is 9.80 Å². The van der Waals surface area contributed by atoms with Crippen LogP contribution in [0.4, 0.5) is 0 Å². The van der Waals surface area contributed by atoms with E-state index in [0.717, 1.165) is 32.7 Å². The first-order chi connectivity index (χ1) is 6.27. The zero-order valence-corrected chi connectivity index (χ0v) is 10.4. The molecule has 0 aromatic rings. The van der Waals surface area contributed by atoms with E-state index in [-0.39, 0.29) is 0 Å². The number of nitrogens with zero attached hydrogens (tertiary/aromatic N) is 2. The van der Waals surface area contributed by atoms with Crippen LogP contribution in [0.2, 0.25) is 0 Å². The van der Waals surface area contributed by atoms with Gasteiger partial charge in [0.2, 0.25) is 0 Å². The molecule has 3 nitrogen and oxygen atoms in total. The number of halogens is 1. The summed E-state index contributed by atoms with van der Waals surface area (Å²) < 4.78 is 1.21. The smallest absolute Gasteiger partial charge is 0.0558 e. The topological polar surface area (TPSA) is 26.7 Å². The molecule has 1 heterocycles. The van der Waals surface area contributed by atoms with E-state index < -0.39 is 0 Å². The SMILES string of the molecule is CC(CI)N1CCN(CCO)CC1. The van der Waals surface area contributed by atoms with Crippen molar-refractivity contribution < 1.29 is 5.11 Å². The molecule has 1 unspecified atom stereocenters. The lowest BCUT2D eigenvalue weighted by Gasteiger charge is -2.37. The minimum atomic E-state index is 0.293. The standard InChI is InChI=1S/C9H19IN2O/c1-9(8-10)12-4-2-11(3-5-12)6-7-13/h9,13H,2-8H2,1H3. The van der Waals surface area contributed by atoms with Gasteiger partial charge in [-0.15, -0.1) is 0 Å². The van der Waals surface area contributed by atoms with E-state index in [1.807, 2.05) is 0 Å². The molecule has 1 saturated heterocycles. The predicted molar refractivity (Wildman–Crippen MR) is 63.4 cm³/mol. The van der Waals surface area contributed by atoms with E-state index in [0.29, 0.717) is 12.6 Å². The van der Waals surface area contributed by atoms with Gasteiger partial charge in [0, 0.05) is 43.2 Å². The largest absolute Gasteiger partial charge is 0.395 e. The van der Waals surface area contributed by atoms with Crippen molar-refractivity contribution in [3.63, 3.8) is 0 Å². The molecule has 1 aliphatic heterocycles. The normalized spacial score (nSPS) is 23.3. The second-order valence-electron chi connectivity index (χ2n) is 3.60. The molecular weight excluding hydrogens is 279 g/mol. The average Bonchev–Trinajstić information content (AvgIpc) is 2.18. The molecule has 1 atom stereocenters. The molecule has 1 aliphatic rings. The van der Waals surface area contributed by atoms with Crippen LogP contribution in [-0.4, -0.2) is 64.7 Å². The van der Waals surface area contributed by atoms with Crippen LogP contribution in [0.1, 0.15) is 6.92 Å². The summed E-state index contributed by atoms with van der Waals surface area (Å²) in [4.78, 5) is 4.86. The highest BCUT2D eigenvalue weighted by molar-refractivity contribution is 14.1. The second-order valence-corrected chi connectivity index (χ2v) is 4.49. The molecule has 0 amide bonds. The van der Waals surface area contributed by atoms with Crippen LogP contribution in [0.5, 0.6) is 0 Å². The van der Waals surface area contributed by atoms with Gasteiger partial charge in [0.25, 0.3) is 0 Å². The molecule has 1 fully saturated rings. The molecular formula is C9H19IN2O. The van der Waals surface area contributed by atoms with Gasteiger partial charge in [0.15, 0.2) is 0 Å². The number of hydrogen-bond donors (Lipinski definition) is 1. The summed E-state index contributed by atoms with van der Waals surface area (Å²) in [6.07, 6.45) is 0. The number of aliphatic hydroxyl groups excluding tert-OH is 1. The summed E-state index contributed by atoms with van der Waals surface area (Å²) in [5.74, 6) is 0. The van der Waals surface area contributed by atoms with Gasteiger partial charge in [0.05, 0.1) is 6.61 Å². The molecule has 0 aromatic carbocycles. The molecule has 1 N–H and O–H groups in total. The van der Waals surface area contributed by atoms with E-state index in [2.05, 4.69) is 39.3 Å². The number of β-amino-alcohol motifs (C(OH)–C–C–N with tert-alkyl or cyclic N) is 1. The highest BCUT2D eigenvalue weighted by Crippen LogP contribution is 2.07. The molecule has 4 heteroatoms. The van der Waals surface area contributed by atoms with Crippen molar-refractivity contribution in [3.8, 4) is 0 Å². The number of hydrogen-bond acceptors (Lipinski definition) is 3. The van der Waals surface area contributed by atoms with Crippen LogP contribution in [0.3, 0.4) is 0 Å². The maximum Gasteiger partial charge on any atom is 0.0558 e. The van der Waals surface area contributed by atoms with Gasteiger partial charge < -0.3 is 5.11 Å². The third kappa shape index (κ3) is 3.69. The molecule has 13 heavy (non-hydrogen) atoms. The molecule has 1 rings (SSSR count). The second kappa shape index (κ2) is 6.16. The highest BCUT2D eigenvalue weighted by atomic mass is 127. The summed E-state index contributed by atoms with van der Waals surface area (Å²) in [6, 6.07) is 0.705. The monoisotopic (exact) mass is 298 g/mol. The van der Waals surface area contributed by atoms with E-state index in [9.17, 15) is 0 Å². The molecule has 0 radical (unpaired) electrons. The van der Waals surface area contributed by atoms with Crippen LogP contribution in [-0.2, 0) is 0 Å². The number of rotatable bonds is 4. The number of aliphatic hydroxyl groups is 1. The van der Waals surface area contributed by atoms with Crippen LogP contribution in [0, 0.1) is 0 Å². The Balaban J connectivity index is 2.22. The fourth-order valence-corrected chi connectivity index (χ4v) is 2.22. The first-order valence-corrected chi connectivity index (χ1v) is 6.43. The van der Waals surface area contributed by atoms with Gasteiger partial charge >= 0.3 is 0 Å². The number of alkyl halides is 1. The van der Waals surface area contributed by atoms with E-state index >= 15 is 0 Å². The van der Waals surface area contributed by atoms with Crippen molar-refractivity contribution in [2.75, 3.05) is 43.8 Å². The molecule has 0 spiro atoms. The summed E-state index contributed by atoms with van der Waals surface area (Å²) >= 11 is 2.44. The molecule has 78 valence electrons. The van der Waals surface area contributed by atoms with Gasteiger partial charge in [0.1, 0.15) is 0 Å². The summed E-state index contributed by atoms with van der Waals surface area (Å²) in [7, 11) is 0. The van der Waals surface area contributed by atoms with Crippen molar-refractivity contribution in [3.05, 3.63) is 0 Å². The fourth-order valence-electron chi connectivity index (χ4n) is 1.67. The maximum absolute atomic E-state index is 8.78. The lowest BCUT2D eigenvalue weighted by atomic mass is 10.2. The van der Waals surface area contributed by atoms with Crippen molar-refractivity contribution >= 4 is 22.6 Å². The Morgan fingerprint density at radius 1 is 1.31 bits per heavy atom. The zero-order chi connectivity index (χ0) is 9.68. The lowest BCUT2D eigenvalue weighted by Crippen LogP contribution is -2.50. The van der Waals surface area contributed by atoms with Gasteiger partial charge in [-0.2, -0.15) is 0 Å². The Morgan fingerprint density at radius 3 is 2.38 bits per heavy atom. The predicted octanol–water partition coefficient (Wildman–Crippen LogP) is 0.420. The van der Waals surface area contributed by atoms with Gasteiger partial charge in [-0.05, 0) is 6.92 Å². The van der Waals surface area contributed by atoms with Crippen LogP contribution in [0.25, 0.3) is 0 Å².